The van der Waals surface area contributed by atoms with Gasteiger partial charge < -0.3 is 30.4 Å². The van der Waals surface area contributed by atoms with Crippen molar-refractivity contribution >= 4 is 35.7 Å². The maximum atomic E-state index is 12.4. The first-order chi connectivity index (χ1) is 20.4. The highest BCUT2D eigenvalue weighted by atomic mass is 16.6. The summed E-state index contributed by atoms with van der Waals surface area (Å²) in [5.41, 5.74) is 11.1. The molecule has 0 saturated carbocycles. The van der Waals surface area contributed by atoms with Crippen molar-refractivity contribution in [2.24, 2.45) is 17.6 Å². The Balaban J connectivity index is 2.00. The quantitative estimate of drug-likeness (QED) is 0.127. The van der Waals surface area contributed by atoms with Gasteiger partial charge in [-0.3, -0.25) is 9.59 Å². The monoisotopic (exact) mass is 595 g/mol. The predicted molar refractivity (Wildman–Crippen MR) is 164 cm³/mol. The zero-order chi connectivity index (χ0) is 32.1. The summed E-state index contributed by atoms with van der Waals surface area (Å²) < 4.78 is 21.6. The van der Waals surface area contributed by atoms with Gasteiger partial charge in [0.1, 0.15) is 6.04 Å². The number of esters is 2. The average Bonchev–Trinajstić information content (AvgIpc) is 3.01. The van der Waals surface area contributed by atoms with Crippen LogP contribution in [0, 0.1) is 11.8 Å². The molecule has 0 aromatic heterocycles. The second kappa shape index (κ2) is 17.0. The number of nitrogens with two attached hydrogens (primary N) is 1. The van der Waals surface area contributed by atoms with Gasteiger partial charge in [-0.2, -0.15) is 0 Å². The number of hydrogen-bond acceptors (Lipinski definition) is 9. The van der Waals surface area contributed by atoms with Crippen molar-refractivity contribution < 1.29 is 43.9 Å². The molecule has 0 saturated heterocycles. The van der Waals surface area contributed by atoms with E-state index >= 15 is 0 Å². The normalized spacial score (nSPS) is 14.1. The molecule has 0 aliphatic heterocycles. The minimum absolute atomic E-state index is 0.0367. The van der Waals surface area contributed by atoms with E-state index in [1.807, 2.05) is 27.7 Å². The molecule has 5 N–H and O–H groups in total. The molecule has 0 heterocycles. The van der Waals surface area contributed by atoms with E-state index in [1.54, 1.807) is 48.6 Å². The lowest BCUT2D eigenvalue weighted by atomic mass is 10.0. The van der Waals surface area contributed by atoms with Gasteiger partial charge in [-0.05, 0) is 59.9 Å². The molecule has 0 bridgehead atoms. The molecule has 0 unspecified atom stereocenters. The molecule has 10 heteroatoms. The summed E-state index contributed by atoms with van der Waals surface area (Å²) in [5.74, 6) is -0.654. The van der Waals surface area contributed by atoms with Crippen molar-refractivity contribution in [1.29, 1.82) is 0 Å². The molecule has 2 aromatic carbocycles. The lowest BCUT2D eigenvalue weighted by molar-refractivity contribution is -0.418. The summed E-state index contributed by atoms with van der Waals surface area (Å²) in [6.07, 6.45) is 6.89. The smallest absolute Gasteiger partial charge is 0.370 e. The molecule has 43 heavy (non-hydrogen) atoms. The van der Waals surface area contributed by atoms with Gasteiger partial charge in [-0.25, -0.2) is 9.59 Å². The molecule has 2 rings (SSSR count). The Kier molecular flexibility index (Phi) is 13.8. The zero-order valence-corrected chi connectivity index (χ0v) is 25.8. The lowest BCUT2D eigenvalue weighted by Gasteiger charge is -2.17. The summed E-state index contributed by atoms with van der Waals surface area (Å²) in [6.45, 7) is 7.73. The number of quaternary nitrogens is 1. The number of benzene rings is 2. The van der Waals surface area contributed by atoms with Crippen molar-refractivity contribution in [3.05, 3.63) is 59.7 Å². The van der Waals surface area contributed by atoms with Gasteiger partial charge >= 0.3 is 11.9 Å². The third-order valence-electron chi connectivity index (χ3n) is 7.23. The average molecular weight is 596 g/mol. The molecule has 10 nitrogen and oxygen atoms in total. The van der Waals surface area contributed by atoms with E-state index in [-0.39, 0.29) is 29.8 Å². The Morgan fingerprint density at radius 3 is 1.60 bits per heavy atom. The highest BCUT2D eigenvalue weighted by Gasteiger charge is 2.26. The van der Waals surface area contributed by atoms with Gasteiger partial charge in [-0.15, -0.1) is 0 Å². The summed E-state index contributed by atoms with van der Waals surface area (Å²) >= 11 is 0. The van der Waals surface area contributed by atoms with E-state index in [4.69, 9.17) is 24.7 Å². The molecule has 0 aliphatic rings. The maximum absolute atomic E-state index is 12.4. The lowest BCUT2D eigenvalue weighted by Crippen LogP contribution is -2.68. The standard InChI is InChI=1S/C33H42N2O8/c1-7-20(3)30(34)32(38)42-26-15-11-22(17-28(26)40-5)9-13-24(36)19-25(37)14-10-23-12-16-27(29(18-23)41-6)43-33(39)31(35)21(4)8-2/h9-18,20-21,30-31H,7-8,19,34-35H2,1-6H3/p+1/b13-9+,14-10+/t20-,21-,30-,31-/m0/s1. The van der Waals surface area contributed by atoms with E-state index in [2.05, 4.69) is 5.73 Å². The van der Waals surface area contributed by atoms with Crippen LogP contribution >= 0.6 is 0 Å². The molecular formula is C33H43N2O8+. The Morgan fingerprint density at radius 1 is 0.744 bits per heavy atom. The van der Waals surface area contributed by atoms with E-state index < -0.39 is 35.6 Å². The highest BCUT2D eigenvalue weighted by molar-refractivity contribution is 6.10. The number of carbonyl (C=O) groups is 4. The first-order valence-corrected chi connectivity index (χ1v) is 14.2. The van der Waals surface area contributed by atoms with Crippen molar-refractivity contribution in [2.45, 2.75) is 59.0 Å². The molecule has 0 spiro atoms. The van der Waals surface area contributed by atoms with Crippen LogP contribution in [0.1, 0.15) is 58.1 Å². The van der Waals surface area contributed by atoms with E-state index in [9.17, 15) is 19.2 Å². The van der Waals surface area contributed by atoms with Gasteiger partial charge in [-0.1, -0.05) is 58.4 Å². The summed E-state index contributed by atoms with van der Waals surface area (Å²) in [6, 6.07) is 8.43. The number of ether oxygens (including phenoxy) is 4. The fourth-order valence-corrected chi connectivity index (χ4v) is 3.78. The number of carbonyl (C=O) groups excluding carboxylic acids is 4. The van der Waals surface area contributed by atoms with Crippen molar-refractivity contribution in [3.63, 3.8) is 0 Å². The van der Waals surface area contributed by atoms with Crippen LogP contribution < -0.4 is 30.4 Å². The number of allylic oxidation sites excluding steroid dienone is 2. The number of ketones is 2. The minimum atomic E-state index is -0.759. The summed E-state index contributed by atoms with van der Waals surface area (Å²) in [5, 5.41) is 0. The number of methoxy groups -OCH3 is 2. The Morgan fingerprint density at radius 2 is 1.19 bits per heavy atom. The molecule has 0 fully saturated rings. The maximum Gasteiger partial charge on any atom is 0.370 e. The number of rotatable bonds is 16. The SMILES string of the molecule is CC[C@H](C)[C@H](N)C(=O)Oc1ccc(/C=C/C(=O)CC(=O)/C=C/c2ccc(OC(=O)[C@@H]([NH3+])[C@@H](C)CC)c(OC)c2)cc1OC. The van der Waals surface area contributed by atoms with Crippen LogP contribution in [0.4, 0.5) is 0 Å². The van der Waals surface area contributed by atoms with Crippen LogP contribution in [0.2, 0.25) is 0 Å². The van der Waals surface area contributed by atoms with Crippen LogP contribution in [0.25, 0.3) is 12.2 Å². The molecule has 0 amide bonds. The second-order valence-electron chi connectivity index (χ2n) is 10.3. The van der Waals surface area contributed by atoms with Crippen molar-refractivity contribution in [2.75, 3.05) is 14.2 Å². The Hall–Kier alpha value is -4.28. The van der Waals surface area contributed by atoms with Crippen LogP contribution in [-0.4, -0.2) is 49.8 Å². The van der Waals surface area contributed by atoms with Gasteiger partial charge in [0.15, 0.2) is 40.6 Å². The van der Waals surface area contributed by atoms with Crippen molar-refractivity contribution in [3.8, 4) is 23.0 Å². The molecule has 232 valence electrons. The van der Waals surface area contributed by atoms with Gasteiger partial charge in [0.2, 0.25) is 0 Å². The van der Waals surface area contributed by atoms with E-state index in [1.165, 1.54) is 26.4 Å². The fourth-order valence-electron chi connectivity index (χ4n) is 3.78. The summed E-state index contributed by atoms with van der Waals surface area (Å²) in [7, 11) is 2.89. The van der Waals surface area contributed by atoms with E-state index in [0.29, 0.717) is 22.6 Å². The second-order valence-corrected chi connectivity index (χ2v) is 10.3. The molecule has 2 aromatic rings. The minimum Gasteiger partial charge on any atom is -0.493 e. The summed E-state index contributed by atoms with van der Waals surface area (Å²) in [4.78, 5) is 49.6. The highest BCUT2D eigenvalue weighted by Crippen LogP contribution is 2.30. The molecule has 4 atom stereocenters. The third kappa shape index (κ3) is 10.5. The first-order valence-electron chi connectivity index (χ1n) is 14.2. The third-order valence-corrected chi connectivity index (χ3v) is 7.23. The zero-order valence-electron chi connectivity index (χ0n) is 25.8. The molecule has 0 radical (unpaired) electrons. The van der Waals surface area contributed by atoms with E-state index in [0.717, 1.165) is 12.8 Å². The van der Waals surface area contributed by atoms with Crippen LogP contribution in [0.3, 0.4) is 0 Å². The Labute approximate surface area is 253 Å². The molecule has 0 aliphatic carbocycles. The van der Waals surface area contributed by atoms with Gasteiger partial charge in [0, 0.05) is 5.92 Å². The van der Waals surface area contributed by atoms with Gasteiger partial charge in [0.25, 0.3) is 0 Å². The van der Waals surface area contributed by atoms with Gasteiger partial charge in [0.05, 0.1) is 20.6 Å². The fraction of sp³-hybridized carbons (Fsp3) is 0.394. The van der Waals surface area contributed by atoms with Crippen LogP contribution in [-0.2, 0) is 19.2 Å². The first kappa shape index (κ1) is 34.9. The molecular weight excluding hydrogens is 552 g/mol. The largest absolute Gasteiger partial charge is 0.493 e. The Bertz CT molecular complexity index is 1250. The topological polar surface area (TPSA) is 159 Å². The predicted octanol–water partition coefficient (Wildman–Crippen LogP) is 3.80. The van der Waals surface area contributed by atoms with Crippen LogP contribution in [0.15, 0.2) is 48.6 Å². The van der Waals surface area contributed by atoms with Crippen LogP contribution in [0.5, 0.6) is 23.0 Å². The van der Waals surface area contributed by atoms with Crippen molar-refractivity contribution in [1.82, 2.24) is 0 Å². The number of hydrogen-bond donors (Lipinski definition) is 2.